The fourth-order valence-corrected chi connectivity index (χ4v) is 2.51. The van der Waals surface area contributed by atoms with Gasteiger partial charge in [0.05, 0.1) is 13.0 Å². The predicted molar refractivity (Wildman–Crippen MR) is 77.8 cm³/mol. The van der Waals surface area contributed by atoms with Crippen LogP contribution in [0.25, 0.3) is 0 Å². The maximum atomic E-state index is 12.1. The van der Waals surface area contributed by atoms with Crippen LogP contribution in [0.5, 0.6) is 11.5 Å². The van der Waals surface area contributed by atoms with Gasteiger partial charge in [-0.05, 0) is 19.1 Å². The summed E-state index contributed by atoms with van der Waals surface area (Å²) >= 11 is 0. The molecule has 1 N–H and O–H groups in total. The van der Waals surface area contributed by atoms with E-state index in [2.05, 4.69) is 5.32 Å². The Morgan fingerprint density at radius 1 is 1.36 bits per heavy atom. The van der Waals surface area contributed by atoms with E-state index in [1.165, 1.54) is 0 Å². The van der Waals surface area contributed by atoms with Crippen LogP contribution in [0.15, 0.2) is 18.2 Å². The van der Waals surface area contributed by atoms with E-state index < -0.39 is 6.10 Å². The van der Waals surface area contributed by atoms with Crippen molar-refractivity contribution in [2.75, 3.05) is 31.8 Å². The molecule has 0 saturated carbocycles. The summed E-state index contributed by atoms with van der Waals surface area (Å²) in [4.78, 5) is 25.9. The first kappa shape index (κ1) is 14.6. The van der Waals surface area contributed by atoms with Crippen LogP contribution in [-0.2, 0) is 14.3 Å². The Morgan fingerprint density at radius 3 is 3.00 bits per heavy atom. The number of hydrogen-bond acceptors (Lipinski definition) is 5. The molecule has 2 heterocycles. The van der Waals surface area contributed by atoms with E-state index in [1.807, 2.05) is 6.92 Å². The molecule has 7 heteroatoms. The number of likely N-dealkylation sites (N-methyl/N-ethyl adjacent to an activating group) is 1. The minimum atomic E-state index is -0.706. The summed E-state index contributed by atoms with van der Waals surface area (Å²) in [5, 5.41) is 2.75. The summed E-state index contributed by atoms with van der Waals surface area (Å²) in [5.41, 5.74) is 0.602. The normalized spacial score (nSPS) is 20.1. The van der Waals surface area contributed by atoms with Gasteiger partial charge in [-0.15, -0.1) is 0 Å². The van der Waals surface area contributed by atoms with Crippen molar-refractivity contribution in [3.63, 3.8) is 0 Å². The maximum Gasteiger partial charge on any atom is 0.252 e. The van der Waals surface area contributed by atoms with Gasteiger partial charge in [-0.2, -0.15) is 0 Å². The Kier molecular flexibility index (Phi) is 4.15. The molecule has 0 bridgehead atoms. The number of carbonyl (C=O) groups excluding carboxylic acids is 2. The lowest BCUT2D eigenvalue weighted by Crippen LogP contribution is -2.48. The molecule has 22 heavy (non-hydrogen) atoms. The first-order valence-corrected chi connectivity index (χ1v) is 7.27. The molecule has 1 aromatic rings. The molecule has 7 nitrogen and oxygen atoms in total. The van der Waals surface area contributed by atoms with Crippen molar-refractivity contribution in [3.05, 3.63) is 18.2 Å². The molecule has 0 spiro atoms. The van der Waals surface area contributed by atoms with Crippen LogP contribution in [0, 0.1) is 0 Å². The van der Waals surface area contributed by atoms with E-state index in [-0.39, 0.29) is 25.0 Å². The molecule has 2 amide bonds. The van der Waals surface area contributed by atoms with E-state index in [1.54, 1.807) is 23.1 Å². The van der Waals surface area contributed by atoms with Gasteiger partial charge < -0.3 is 24.4 Å². The van der Waals surface area contributed by atoms with E-state index in [0.717, 1.165) is 0 Å². The van der Waals surface area contributed by atoms with E-state index in [9.17, 15) is 9.59 Å². The second-order valence-electron chi connectivity index (χ2n) is 5.10. The molecule has 1 fully saturated rings. The van der Waals surface area contributed by atoms with Crippen molar-refractivity contribution in [1.29, 1.82) is 0 Å². The number of benzene rings is 1. The number of rotatable bonds is 4. The Morgan fingerprint density at radius 2 is 2.18 bits per heavy atom. The summed E-state index contributed by atoms with van der Waals surface area (Å²) in [6.45, 7) is 3.76. The summed E-state index contributed by atoms with van der Waals surface area (Å²) in [6.07, 6.45) is -0.702. The van der Waals surface area contributed by atoms with Crippen molar-refractivity contribution < 1.29 is 23.8 Å². The number of ether oxygens (including phenoxy) is 3. The third-order valence-electron chi connectivity index (χ3n) is 3.68. The molecular formula is C15H18N2O5. The third-order valence-corrected chi connectivity index (χ3v) is 3.68. The van der Waals surface area contributed by atoms with Crippen molar-refractivity contribution >= 4 is 17.5 Å². The summed E-state index contributed by atoms with van der Waals surface area (Å²) in [7, 11) is 0. The van der Waals surface area contributed by atoms with Crippen LogP contribution in [0.1, 0.15) is 13.3 Å². The first-order valence-electron chi connectivity index (χ1n) is 7.27. The molecule has 2 aliphatic heterocycles. The fraction of sp³-hybridized carbons (Fsp3) is 0.467. The molecular weight excluding hydrogens is 288 g/mol. The molecule has 1 atom stereocenters. The van der Waals surface area contributed by atoms with Crippen LogP contribution >= 0.6 is 0 Å². The van der Waals surface area contributed by atoms with Gasteiger partial charge in [0.15, 0.2) is 11.5 Å². The molecule has 3 rings (SSSR count). The quantitative estimate of drug-likeness (QED) is 0.897. The number of amides is 2. The number of fused-ring (bicyclic) bond motifs is 1. The average Bonchev–Trinajstić information content (AvgIpc) is 2.97. The Labute approximate surface area is 128 Å². The SMILES string of the molecule is CCN1CCO[C@@H](CC(=O)Nc2ccc3c(c2)OCO3)C1=O. The number of nitrogens with zero attached hydrogens (tertiary/aromatic N) is 1. The van der Waals surface area contributed by atoms with Gasteiger partial charge in [0.1, 0.15) is 6.10 Å². The molecule has 0 unspecified atom stereocenters. The zero-order valence-electron chi connectivity index (χ0n) is 12.3. The van der Waals surface area contributed by atoms with Crippen molar-refractivity contribution in [2.24, 2.45) is 0 Å². The highest BCUT2D eigenvalue weighted by Crippen LogP contribution is 2.34. The van der Waals surface area contributed by atoms with Crippen LogP contribution in [0.3, 0.4) is 0 Å². The second-order valence-corrected chi connectivity index (χ2v) is 5.10. The van der Waals surface area contributed by atoms with E-state index >= 15 is 0 Å². The van der Waals surface area contributed by atoms with Crippen LogP contribution in [0.2, 0.25) is 0 Å². The molecule has 1 aromatic carbocycles. The zero-order valence-corrected chi connectivity index (χ0v) is 12.3. The number of morpholine rings is 1. The van der Waals surface area contributed by atoms with Gasteiger partial charge in [-0.3, -0.25) is 9.59 Å². The standard InChI is InChI=1S/C15H18N2O5/c1-2-17-5-6-20-13(15(17)19)8-14(18)16-10-3-4-11-12(7-10)22-9-21-11/h3-4,7,13H,2,5-6,8-9H2,1H3,(H,16,18)/t13-/m0/s1. The Hall–Kier alpha value is -2.28. The molecule has 118 valence electrons. The summed E-state index contributed by atoms with van der Waals surface area (Å²) in [6, 6.07) is 5.16. The monoisotopic (exact) mass is 306 g/mol. The van der Waals surface area contributed by atoms with E-state index in [0.29, 0.717) is 36.9 Å². The number of hydrogen-bond donors (Lipinski definition) is 1. The van der Waals surface area contributed by atoms with Crippen molar-refractivity contribution in [3.8, 4) is 11.5 Å². The van der Waals surface area contributed by atoms with Crippen LogP contribution in [-0.4, -0.2) is 49.3 Å². The number of anilines is 1. The Bertz CT molecular complexity index is 589. The van der Waals surface area contributed by atoms with Crippen molar-refractivity contribution in [1.82, 2.24) is 4.90 Å². The largest absolute Gasteiger partial charge is 0.454 e. The predicted octanol–water partition coefficient (Wildman–Crippen LogP) is 0.991. The second kappa shape index (κ2) is 6.23. The lowest BCUT2D eigenvalue weighted by Gasteiger charge is -2.31. The minimum absolute atomic E-state index is 0.00375. The van der Waals surface area contributed by atoms with Gasteiger partial charge in [0.25, 0.3) is 5.91 Å². The lowest BCUT2D eigenvalue weighted by molar-refractivity contribution is -0.154. The Balaban J connectivity index is 1.59. The fourth-order valence-electron chi connectivity index (χ4n) is 2.51. The molecule has 1 saturated heterocycles. The molecule has 0 radical (unpaired) electrons. The average molecular weight is 306 g/mol. The van der Waals surface area contributed by atoms with Crippen LogP contribution < -0.4 is 14.8 Å². The number of nitrogens with one attached hydrogen (secondary N) is 1. The molecule has 2 aliphatic rings. The maximum absolute atomic E-state index is 12.1. The zero-order chi connectivity index (χ0) is 15.5. The van der Waals surface area contributed by atoms with Gasteiger partial charge in [-0.1, -0.05) is 0 Å². The molecule has 0 aliphatic carbocycles. The highest BCUT2D eigenvalue weighted by Gasteiger charge is 2.30. The van der Waals surface area contributed by atoms with Gasteiger partial charge in [-0.25, -0.2) is 0 Å². The van der Waals surface area contributed by atoms with Gasteiger partial charge in [0, 0.05) is 24.8 Å². The summed E-state index contributed by atoms with van der Waals surface area (Å²) < 4.78 is 15.9. The minimum Gasteiger partial charge on any atom is -0.454 e. The smallest absolute Gasteiger partial charge is 0.252 e. The highest BCUT2D eigenvalue weighted by molar-refractivity contribution is 5.95. The van der Waals surface area contributed by atoms with E-state index in [4.69, 9.17) is 14.2 Å². The summed E-state index contributed by atoms with van der Waals surface area (Å²) in [5.74, 6) is 0.854. The lowest BCUT2D eigenvalue weighted by atomic mass is 10.1. The molecule has 0 aromatic heterocycles. The van der Waals surface area contributed by atoms with Crippen LogP contribution in [0.4, 0.5) is 5.69 Å². The highest BCUT2D eigenvalue weighted by atomic mass is 16.7. The third kappa shape index (κ3) is 2.99. The first-order chi connectivity index (χ1) is 10.7. The number of carbonyl (C=O) groups is 2. The van der Waals surface area contributed by atoms with Crippen molar-refractivity contribution in [2.45, 2.75) is 19.4 Å². The van der Waals surface area contributed by atoms with Gasteiger partial charge >= 0.3 is 0 Å². The topological polar surface area (TPSA) is 77.1 Å². The van der Waals surface area contributed by atoms with Gasteiger partial charge in [0.2, 0.25) is 12.7 Å².